The van der Waals surface area contributed by atoms with Crippen molar-refractivity contribution in [2.45, 2.75) is 6.54 Å². The van der Waals surface area contributed by atoms with E-state index in [0.717, 1.165) is 16.2 Å². The molecule has 0 aliphatic carbocycles. The van der Waals surface area contributed by atoms with E-state index in [4.69, 9.17) is 14.2 Å². The lowest BCUT2D eigenvalue weighted by atomic mass is 10.2. The maximum absolute atomic E-state index is 12.5. The monoisotopic (exact) mass is 416 g/mol. The van der Waals surface area contributed by atoms with Gasteiger partial charge in [-0.05, 0) is 42.0 Å². The number of likely N-dealkylation sites (N-methyl/N-ethyl adjacent to an activating group) is 2. The molecule has 0 fully saturated rings. The van der Waals surface area contributed by atoms with E-state index in [9.17, 15) is 9.59 Å². The molecule has 2 aromatic carbocycles. The molecule has 0 saturated heterocycles. The van der Waals surface area contributed by atoms with Crippen LogP contribution in [0.25, 0.3) is 0 Å². The van der Waals surface area contributed by atoms with Crippen molar-refractivity contribution < 1.29 is 28.7 Å². The molecule has 2 amide bonds. The Hall–Kier alpha value is -3.26. The number of anilines is 1. The number of carbonyl (C=O) groups excluding carboxylic acids is 2. The number of quaternary nitrogens is 1. The molecular formula is C22H30N3O5+. The highest BCUT2D eigenvalue weighted by atomic mass is 16.5. The smallest absolute Gasteiger partial charge is 0.279 e. The van der Waals surface area contributed by atoms with Crippen molar-refractivity contribution >= 4 is 17.5 Å². The van der Waals surface area contributed by atoms with Gasteiger partial charge in [-0.2, -0.15) is 0 Å². The Bertz CT molecular complexity index is 854. The number of hydrogen-bond acceptors (Lipinski definition) is 5. The lowest BCUT2D eigenvalue weighted by molar-refractivity contribution is -0.862. The fourth-order valence-electron chi connectivity index (χ4n) is 2.95. The van der Waals surface area contributed by atoms with Gasteiger partial charge in [0.1, 0.15) is 5.75 Å². The molecular weight excluding hydrogens is 386 g/mol. The Morgan fingerprint density at radius 2 is 1.60 bits per heavy atom. The van der Waals surface area contributed by atoms with E-state index in [-0.39, 0.29) is 24.9 Å². The predicted octanol–water partition coefficient (Wildman–Crippen LogP) is 0.824. The summed E-state index contributed by atoms with van der Waals surface area (Å²) >= 11 is 0. The Labute approximate surface area is 177 Å². The Kier molecular flexibility index (Phi) is 8.49. The van der Waals surface area contributed by atoms with Crippen LogP contribution in [0.15, 0.2) is 42.5 Å². The van der Waals surface area contributed by atoms with Crippen LogP contribution in [0.2, 0.25) is 0 Å². The molecule has 0 saturated carbocycles. The van der Waals surface area contributed by atoms with E-state index in [2.05, 4.69) is 5.32 Å². The maximum Gasteiger partial charge on any atom is 0.279 e. The van der Waals surface area contributed by atoms with Crippen LogP contribution in [-0.2, 0) is 16.1 Å². The summed E-state index contributed by atoms with van der Waals surface area (Å²) in [6.07, 6.45) is 0. The standard InChI is InChI=1S/C22H29N3O5/c1-24(14-21(26)23-17-7-9-18(28-3)10-8-17)15-22(27)25(2)13-16-6-11-19(29-4)20(12-16)30-5/h6-12H,13-15H2,1-5H3,(H,23,26)/p+1. The Morgan fingerprint density at radius 1 is 0.933 bits per heavy atom. The number of carbonyl (C=O) groups is 2. The summed E-state index contributed by atoms with van der Waals surface area (Å²) in [7, 11) is 8.30. The summed E-state index contributed by atoms with van der Waals surface area (Å²) in [4.78, 5) is 27.2. The van der Waals surface area contributed by atoms with Gasteiger partial charge in [-0.3, -0.25) is 9.59 Å². The minimum atomic E-state index is -0.159. The lowest BCUT2D eigenvalue weighted by Crippen LogP contribution is -3.11. The second kappa shape index (κ2) is 11.1. The van der Waals surface area contributed by atoms with Gasteiger partial charge in [0.05, 0.1) is 28.4 Å². The molecule has 0 heterocycles. The van der Waals surface area contributed by atoms with Crippen LogP contribution in [0.1, 0.15) is 5.56 Å². The molecule has 2 N–H and O–H groups in total. The third-order valence-corrected chi connectivity index (χ3v) is 4.58. The highest BCUT2D eigenvalue weighted by Crippen LogP contribution is 2.27. The molecule has 1 atom stereocenters. The topological polar surface area (TPSA) is 81.5 Å². The summed E-state index contributed by atoms with van der Waals surface area (Å²) < 4.78 is 15.6. The molecule has 8 nitrogen and oxygen atoms in total. The molecule has 30 heavy (non-hydrogen) atoms. The van der Waals surface area contributed by atoms with E-state index in [1.54, 1.807) is 57.5 Å². The summed E-state index contributed by atoms with van der Waals surface area (Å²) in [5, 5.41) is 2.82. The first-order chi connectivity index (χ1) is 14.4. The second-order valence-electron chi connectivity index (χ2n) is 7.03. The van der Waals surface area contributed by atoms with Crippen molar-refractivity contribution in [1.29, 1.82) is 0 Å². The van der Waals surface area contributed by atoms with Crippen LogP contribution in [0, 0.1) is 0 Å². The fraction of sp³-hybridized carbons (Fsp3) is 0.364. The maximum atomic E-state index is 12.5. The minimum Gasteiger partial charge on any atom is -0.497 e. The van der Waals surface area contributed by atoms with Gasteiger partial charge < -0.3 is 29.3 Å². The third kappa shape index (κ3) is 6.66. The zero-order valence-corrected chi connectivity index (χ0v) is 18.2. The quantitative estimate of drug-likeness (QED) is 0.600. The van der Waals surface area contributed by atoms with E-state index in [0.29, 0.717) is 23.7 Å². The number of methoxy groups -OCH3 is 3. The molecule has 2 rings (SSSR count). The molecule has 0 aliphatic heterocycles. The second-order valence-corrected chi connectivity index (χ2v) is 7.03. The zero-order chi connectivity index (χ0) is 22.1. The predicted molar refractivity (Wildman–Crippen MR) is 114 cm³/mol. The normalized spacial score (nSPS) is 11.4. The zero-order valence-electron chi connectivity index (χ0n) is 18.2. The van der Waals surface area contributed by atoms with E-state index in [1.165, 1.54) is 0 Å². The van der Waals surface area contributed by atoms with Crippen molar-refractivity contribution in [1.82, 2.24) is 4.90 Å². The first-order valence-electron chi connectivity index (χ1n) is 9.56. The van der Waals surface area contributed by atoms with Gasteiger partial charge in [-0.1, -0.05) is 6.07 Å². The van der Waals surface area contributed by atoms with Gasteiger partial charge >= 0.3 is 0 Å². The highest BCUT2D eigenvalue weighted by Gasteiger charge is 2.18. The van der Waals surface area contributed by atoms with Crippen molar-refractivity contribution in [3.05, 3.63) is 48.0 Å². The molecule has 162 valence electrons. The van der Waals surface area contributed by atoms with Crippen LogP contribution in [-0.4, -0.2) is 65.2 Å². The number of hydrogen-bond donors (Lipinski definition) is 2. The molecule has 1 unspecified atom stereocenters. The first-order valence-corrected chi connectivity index (χ1v) is 9.56. The number of amides is 2. The number of rotatable bonds is 10. The SMILES string of the molecule is COc1ccc(NC(=O)C[NH+](C)CC(=O)N(C)Cc2ccc(OC)c(OC)c2)cc1. The van der Waals surface area contributed by atoms with Crippen molar-refractivity contribution in [3.63, 3.8) is 0 Å². The van der Waals surface area contributed by atoms with E-state index < -0.39 is 0 Å². The van der Waals surface area contributed by atoms with Crippen molar-refractivity contribution in [3.8, 4) is 17.2 Å². The van der Waals surface area contributed by atoms with Crippen LogP contribution in [0.3, 0.4) is 0 Å². The van der Waals surface area contributed by atoms with Gasteiger partial charge in [0, 0.05) is 19.3 Å². The van der Waals surface area contributed by atoms with Gasteiger partial charge in [0.2, 0.25) is 0 Å². The molecule has 0 bridgehead atoms. The minimum absolute atomic E-state index is 0.0560. The fourth-order valence-corrected chi connectivity index (χ4v) is 2.95. The van der Waals surface area contributed by atoms with Crippen molar-refractivity contribution in [2.75, 3.05) is 53.8 Å². The summed E-state index contributed by atoms with van der Waals surface area (Å²) in [6, 6.07) is 12.7. The van der Waals surface area contributed by atoms with Crippen LogP contribution in [0.5, 0.6) is 17.2 Å². The number of nitrogens with zero attached hydrogens (tertiary/aromatic N) is 1. The van der Waals surface area contributed by atoms with E-state index in [1.807, 2.05) is 25.2 Å². The largest absolute Gasteiger partial charge is 0.497 e. The number of nitrogens with one attached hydrogen (secondary N) is 2. The number of ether oxygens (including phenoxy) is 3. The highest BCUT2D eigenvalue weighted by molar-refractivity contribution is 5.91. The summed E-state index contributed by atoms with van der Waals surface area (Å²) in [5.74, 6) is 1.77. The van der Waals surface area contributed by atoms with Crippen LogP contribution < -0.4 is 24.4 Å². The average molecular weight is 416 g/mol. The first kappa shape index (κ1) is 23.0. The average Bonchev–Trinajstić information content (AvgIpc) is 2.73. The number of benzene rings is 2. The molecule has 2 aromatic rings. The van der Waals surface area contributed by atoms with E-state index >= 15 is 0 Å². The molecule has 0 aromatic heterocycles. The van der Waals surface area contributed by atoms with Gasteiger partial charge in [-0.25, -0.2) is 0 Å². The Morgan fingerprint density at radius 3 is 2.20 bits per heavy atom. The summed E-state index contributed by atoms with van der Waals surface area (Å²) in [5.41, 5.74) is 1.61. The molecule has 0 aliphatic rings. The van der Waals surface area contributed by atoms with Gasteiger partial charge in [0.25, 0.3) is 11.8 Å². The van der Waals surface area contributed by atoms with Gasteiger partial charge in [-0.15, -0.1) is 0 Å². The Balaban J connectivity index is 1.84. The van der Waals surface area contributed by atoms with Crippen LogP contribution >= 0.6 is 0 Å². The summed E-state index contributed by atoms with van der Waals surface area (Å²) in [6.45, 7) is 0.826. The molecule has 8 heteroatoms. The third-order valence-electron chi connectivity index (χ3n) is 4.58. The molecule has 0 radical (unpaired) electrons. The van der Waals surface area contributed by atoms with Crippen LogP contribution in [0.4, 0.5) is 5.69 Å². The van der Waals surface area contributed by atoms with Gasteiger partial charge in [0.15, 0.2) is 24.6 Å². The van der Waals surface area contributed by atoms with Crippen molar-refractivity contribution in [2.24, 2.45) is 0 Å². The lowest BCUT2D eigenvalue weighted by Gasteiger charge is -2.20. The molecule has 0 spiro atoms.